The average Bonchev–Trinajstić information content (AvgIpc) is 2.96. The van der Waals surface area contributed by atoms with Crippen molar-refractivity contribution >= 4 is 5.91 Å². The van der Waals surface area contributed by atoms with Crippen molar-refractivity contribution < 1.29 is 9.53 Å². The summed E-state index contributed by atoms with van der Waals surface area (Å²) in [5.41, 5.74) is 12.3. The number of ether oxygens (including phenoxy) is 1. The number of primary amides is 1. The number of nitrogens with zero attached hydrogens (tertiary/aromatic N) is 2. The van der Waals surface area contributed by atoms with E-state index >= 15 is 0 Å². The molecule has 0 aliphatic carbocycles. The van der Waals surface area contributed by atoms with E-state index in [0.717, 1.165) is 18.7 Å². The van der Waals surface area contributed by atoms with Crippen LogP contribution in [0.5, 0.6) is 0 Å². The number of rotatable bonds is 5. The minimum Gasteiger partial charge on any atom is -0.381 e. The van der Waals surface area contributed by atoms with Crippen LogP contribution in [0.4, 0.5) is 0 Å². The summed E-state index contributed by atoms with van der Waals surface area (Å²) in [5.74, 6) is 0.0152. The van der Waals surface area contributed by atoms with Gasteiger partial charge in [0.2, 0.25) is 5.91 Å². The lowest BCUT2D eigenvalue weighted by Gasteiger charge is -2.19. The van der Waals surface area contributed by atoms with Gasteiger partial charge in [-0.3, -0.25) is 4.79 Å². The van der Waals surface area contributed by atoms with E-state index in [4.69, 9.17) is 16.2 Å². The lowest BCUT2D eigenvalue weighted by Crippen LogP contribution is -2.25. The second-order valence-corrected chi connectivity index (χ2v) is 4.38. The van der Waals surface area contributed by atoms with E-state index in [9.17, 15) is 4.79 Å². The third-order valence-corrected chi connectivity index (χ3v) is 3.16. The third-order valence-electron chi connectivity index (χ3n) is 3.16. The van der Waals surface area contributed by atoms with E-state index in [1.54, 1.807) is 12.5 Å². The second-order valence-electron chi connectivity index (χ2n) is 4.38. The van der Waals surface area contributed by atoms with Crippen molar-refractivity contribution in [2.75, 3.05) is 13.2 Å². The molecule has 1 fully saturated rings. The Morgan fingerprint density at radius 3 is 3.18 bits per heavy atom. The zero-order valence-corrected chi connectivity index (χ0v) is 9.71. The van der Waals surface area contributed by atoms with Crippen LogP contribution in [0.15, 0.2) is 12.5 Å². The Hall–Kier alpha value is -1.40. The highest BCUT2D eigenvalue weighted by atomic mass is 16.5. The summed E-state index contributed by atoms with van der Waals surface area (Å²) in [6.07, 6.45) is 4.72. The molecule has 17 heavy (non-hydrogen) atoms. The van der Waals surface area contributed by atoms with Crippen LogP contribution in [0.2, 0.25) is 0 Å². The molecule has 1 aromatic rings. The zero-order valence-electron chi connectivity index (χ0n) is 9.71. The van der Waals surface area contributed by atoms with Crippen LogP contribution in [0.1, 0.15) is 24.6 Å². The van der Waals surface area contributed by atoms with E-state index in [2.05, 4.69) is 4.98 Å². The molecule has 0 saturated carbocycles. The fourth-order valence-electron chi connectivity index (χ4n) is 2.10. The quantitative estimate of drug-likeness (QED) is 0.742. The molecule has 2 unspecified atom stereocenters. The summed E-state index contributed by atoms with van der Waals surface area (Å²) in [6.45, 7) is 2.00. The largest absolute Gasteiger partial charge is 0.381 e. The number of aromatic nitrogens is 2. The minimum atomic E-state index is -0.317. The highest BCUT2D eigenvalue weighted by Crippen LogP contribution is 2.26. The molecule has 6 heteroatoms. The molecule has 1 aromatic heterocycles. The number of aryl methyl sites for hydroxylation is 1. The molecule has 0 radical (unpaired) electrons. The molecule has 6 nitrogen and oxygen atoms in total. The van der Waals surface area contributed by atoms with Gasteiger partial charge < -0.3 is 20.8 Å². The fraction of sp³-hybridized carbons (Fsp3) is 0.636. The number of amides is 1. The molecule has 94 valence electrons. The number of carbonyl (C=O) groups excluding carboxylic acids is 1. The molecule has 1 amide bonds. The lowest BCUT2D eigenvalue weighted by molar-refractivity contribution is -0.118. The molecule has 4 N–H and O–H groups in total. The maximum atomic E-state index is 10.8. The van der Waals surface area contributed by atoms with Crippen LogP contribution in [-0.4, -0.2) is 28.7 Å². The van der Waals surface area contributed by atoms with E-state index in [-0.39, 0.29) is 11.9 Å². The summed E-state index contributed by atoms with van der Waals surface area (Å²) in [6, 6.07) is -0.0899. The maximum Gasteiger partial charge on any atom is 0.219 e. The summed E-state index contributed by atoms with van der Waals surface area (Å²) in [5, 5.41) is 0. The van der Waals surface area contributed by atoms with Gasteiger partial charge in [0.15, 0.2) is 0 Å². The monoisotopic (exact) mass is 238 g/mol. The van der Waals surface area contributed by atoms with Crippen LogP contribution in [0, 0.1) is 5.92 Å². The SMILES string of the molecule is NC(=O)CCn1cncc1C(N)C1CCOC1. The Balaban J connectivity index is 2.04. The van der Waals surface area contributed by atoms with Crippen molar-refractivity contribution in [2.24, 2.45) is 17.4 Å². The van der Waals surface area contributed by atoms with Gasteiger partial charge in [0.05, 0.1) is 24.7 Å². The Bertz CT molecular complexity index is 385. The van der Waals surface area contributed by atoms with Gasteiger partial charge in [-0.05, 0) is 6.42 Å². The zero-order chi connectivity index (χ0) is 12.3. The molecule has 1 aliphatic rings. The summed E-state index contributed by atoms with van der Waals surface area (Å²) in [4.78, 5) is 14.9. The molecule has 0 aromatic carbocycles. The number of hydrogen-bond acceptors (Lipinski definition) is 4. The van der Waals surface area contributed by atoms with Crippen molar-refractivity contribution in [3.8, 4) is 0 Å². The molecule has 1 aliphatic heterocycles. The van der Waals surface area contributed by atoms with Crippen LogP contribution < -0.4 is 11.5 Å². The van der Waals surface area contributed by atoms with Gasteiger partial charge in [0.1, 0.15) is 0 Å². The van der Waals surface area contributed by atoms with E-state index < -0.39 is 0 Å². The molecule has 2 rings (SSSR count). The van der Waals surface area contributed by atoms with Crippen molar-refractivity contribution in [1.29, 1.82) is 0 Å². The predicted octanol–water partition coefficient (Wildman–Crippen LogP) is -0.205. The van der Waals surface area contributed by atoms with Gasteiger partial charge in [-0.15, -0.1) is 0 Å². The van der Waals surface area contributed by atoms with E-state index in [1.807, 2.05) is 4.57 Å². The fourth-order valence-corrected chi connectivity index (χ4v) is 2.10. The topological polar surface area (TPSA) is 96.2 Å². The van der Waals surface area contributed by atoms with E-state index in [1.165, 1.54) is 0 Å². The van der Waals surface area contributed by atoms with Crippen molar-refractivity contribution in [3.63, 3.8) is 0 Å². The number of imidazole rings is 1. The number of carbonyl (C=O) groups is 1. The van der Waals surface area contributed by atoms with Crippen LogP contribution in [0.25, 0.3) is 0 Å². The first-order chi connectivity index (χ1) is 8.18. The summed E-state index contributed by atoms with van der Waals surface area (Å²) < 4.78 is 7.23. The Labute approximate surface area is 99.9 Å². The third kappa shape index (κ3) is 2.83. The molecule has 2 heterocycles. The lowest BCUT2D eigenvalue weighted by atomic mass is 9.97. The number of hydrogen-bond donors (Lipinski definition) is 2. The Morgan fingerprint density at radius 2 is 2.53 bits per heavy atom. The van der Waals surface area contributed by atoms with Gasteiger partial charge in [-0.2, -0.15) is 0 Å². The smallest absolute Gasteiger partial charge is 0.219 e. The molecule has 0 bridgehead atoms. The Kier molecular flexibility index (Phi) is 3.75. The maximum absolute atomic E-state index is 10.8. The normalized spacial score (nSPS) is 21.6. The van der Waals surface area contributed by atoms with Crippen LogP contribution in [-0.2, 0) is 16.1 Å². The molecule has 1 saturated heterocycles. The van der Waals surface area contributed by atoms with Crippen molar-refractivity contribution in [1.82, 2.24) is 9.55 Å². The highest BCUT2D eigenvalue weighted by Gasteiger charge is 2.26. The minimum absolute atomic E-state index is 0.0899. The summed E-state index contributed by atoms with van der Waals surface area (Å²) in [7, 11) is 0. The molecular formula is C11H18N4O2. The number of nitrogens with two attached hydrogens (primary N) is 2. The van der Waals surface area contributed by atoms with Gasteiger partial charge in [-0.25, -0.2) is 4.98 Å². The average molecular weight is 238 g/mol. The first kappa shape index (κ1) is 12.1. The van der Waals surface area contributed by atoms with Crippen LogP contribution >= 0.6 is 0 Å². The molecule has 2 atom stereocenters. The first-order valence-electron chi connectivity index (χ1n) is 5.80. The molecular weight excluding hydrogens is 220 g/mol. The van der Waals surface area contributed by atoms with Gasteiger partial charge in [-0.1, -0.05) is 0 Å². The van der Waals surface area contributed by atoms with Crippen LogP contribution in [0.3, 0.4) is 0 Å². The molecule has 0 spiro atoms. The summed E-state index contributed by atoms with van der Waals surface area (Å²) >= 11 is 0. The van der Waals surface area contributed by atoms with Gasteiger partial charge in [0, 0.05) is 31.7 Å². The van der Waals surface area contributed by atoms with Crippen molar-refractivity contribution in [3.05, 3.63) is 18.2 Å². The first-order valence-corrected chi connectivity index (χ1v) is 5.80. The highest BCUT2D eigenvalue weighted by molar-refractivity contribution is 5.73. The van der Waals surface area contributed by atoms with Gasteiger partial charge >= 0.3 is 0 Å². The van der Waals surface area contributed by atoms with Gasteiger partial charge in [0.25, 0.3) is 0 Å². The van der Waals surface area contributed by atoms with Crippen molar-refractivity contribution in [2.45, 2.75) is 25.4 Å². The Morgan fingerprint density at radius 1 is 1.71 bits per heavy atom. The van der Waals surface area contributed by atoms with E-state index in [0.29, 0.717) is 25.5 Å². The second kappa shape index (κ2) is 5.29. The standard InChI is InChI=1S/C11H18N4O2/c12-10(16)1-3-15-7-14-5-9(15)11(13)8-2-4-17-6-8/h5,7-8,11H,1-4,6,13H2,(H2,12,16). The predicted molar refractivity (Wildman–Crippen MR) is 61.9 cm³/mol.